The van der Waals surface area contributed by atoms with Crippen LogP contribution in [0.25, 0.3) is 0 Å². The number of carboxylic acid groups (broad SMARTS) is 1. The lowest BCUT2D eigenvalue weighted by molar-refractivity contribution is 0.0696. The standard InChI is InChI=1S/C13H18N2O4S/c1-3-14(4-2)20(18,19)15-8-11-6-5-10(13(16)17)7-12(11)9-15/h5-7H,3-4,8-9H2,1-2H3,(H,16,17). The number of hydrogen-bond donors (Lipinski definition) is 1. The molecule has 1 aliphatic rings. The van der Waals surface area contributed by atoms with Gasteiger partial charge in [0.25, 0.3) is 10.2 Å². The van der Waals surface area contributed by atoms with E-state index in [-0.39, 0.29) is 12.1 Å². The van der Waals surface area contributed by atoms with Gasteiger partial charge in [-0.3, -0.25) is 0 Å². The SMILES string of the molecule is CCN(CC)S(=O)(=O)N1Cc2ccc(C(=O)O)cc2C1. The van der Waals surface area contributed by atoms with Gasteiger partial charge in [0, 0.05) is 26.2 Å². The molecule has 110 valence electrons. The van der Waals surface area contributed by atoms with E-state index in [1.807, 2.05) is 0 Å². The Labute approximate surface area is 118 Å². The molecule has 0 spiro atoms. The Morgan fingerprint density at radius 1 is 1.25 bits per heavy atom. The highest BCUT2D eigenvalue weighted by molar-refractivity contribution is 7.86. The van der Waals surface area contributed by atoms with Gasteiger partial charge in [-0.25, -0.2) is 4.79 Å². The minimum Gasteiger partial charge on any atom is -0.478 e. The van der Waals surface area contributed by atoms with Crippen LogP contribution in [-0.2, 0) is 23.3 Å². The molecule has 0 unspecified atom stereocenters. The molecule has 0 atom stereocenters. The predicted octanol–water partition coefficient (Wildman–Crippen LogP) is 1.29. The van der Waals surface area contributed by atoms with Crippen LogP contribution >= 0.6 is 0 Å². The second kappa shape index (κ2) is 5.51. The van der Waals surface area contributed by atoms with Crippen molar-refractivity contribution < 1.29 is 18.3 Å². The number of fused-ring (bicyclic) bond motifs is 1. The highest BCUT2D eigenvalue weighted by atomic mass is 32.2. The molecule has 1 aromatic rings. The van der Waals surface area contributed by atoms with E-state index < -0.39 is 16.2 Å². The smallest absolute Gasteiger partial charge is 0.335 e. The van der Waals surface area contributed by atoms with Crippen LogP contribution in [0.4, 0.5) is 0 Å². The van der Waals surface area contributed by atoms with Gasteiger partial charge in [0.15, 0.2) is 0 Å². The Hall–Kier alpha value is -1.44. The maximum absolute atomic E-state index is 12.4. The first-order valence-corrected chi connectivity index (χ1v) is 7.90. The molecule has 1 aliphatic heterocycles. The highest BCUT2D eigenvalue weighted by Gasteiger charge is 2.32. The number of carbonyl (C=O) groups is 1. The molecule has 6 nitrogen and oxygen atoms in total. The topological polar surface area (TPSA) is 77.9 Å². The highest BCUT2D eigenvalue weighted by Crippen LogP contribution is 2.27. The van der Waals surface area contributed by atoms with E-state index in [2.05, 4.69) is 0 Å². The molecule has 0 fully saturated rings. The first-order valence-electron chi connectivity index (χ1n) is 6.50. The van der Waals surface area contributed by atoms with Crippen molar-refractivity contribution >= 4 is 16.2 Å². The third kappa shape index (κ3) is 2.56. The first kappa shape index (κ1) is 15.0. The Kier molecular flexibility index (Phi) is 4.12. The summed E-state index contributed by atoms with van der Waals surface area (Å²) < 4.78 is 27.6. The lowest BCUT2D eigenvalue weighted by atomic mass is 10.1. The summed E-state index contributed by atoms with van der Waals surface area (Å²) in [5, 5.41) is 8.97. The first-order chi connectivity index (χ1) is 9.40. The second-order valence-electron chi connectivity index (χ2n) is 4.65. The zero-order chi connectivity index (χ0) is 14.9. The van der Waals surface area contributed by atoms with Crippen molar-refractivity contribution in [2.24, 2.45) is 0 Å². The van der Waals surface area contributed by atoms with E-state index in [4.69, 9.17) is 5.11 Å². The molecule has 0 aliphatic carbocycles. The number of benzene rings is 1. The van der Waals surface area contributed by atoms with Crippen LogP contribution in [0.15, 0.2) is 18.2 Å². The number of rotatable bonds is 5. The summed E-state index contributed by atoms with van der Waals surface area (Å²) >= 11 is 0. The molecule has 1 N–H and O–H groups in total. The minimum absolute atomic E-state index is 0.186. The predicted molar refractivity (Wildman–Crippen MR) is 74.5 cm³/mol. The van der Waals surface area contributed by atoms with Gasteiger partial charge in [-0.2, -0.15) is 17.0 Å². The number of hydrogen-bond acceptors (Lipinski definition) is 3. The van der Waals surface area contributed by atoms with Gasteiger partial charge in [-0.15, -0.1) is 0 Å². The van der Waals surface area contributed by atoms with E-state index in [0.717, 1.165) is 11.1 Å². The summed E-state index contributed by atoms with van der Waals surface area (Å²) in [6, 6.07) is 4.75. The second-order valence-corrected chi connectivity index (χ2v) is 6.58. The van der Waals surface area contributed by atoms with Gasteiger partial charge in [-0.1, -0.05) is 19.9 Å². The Morgan fingerprint density at radius 2 is 1.85 bits per heavy atom. The van der Waals surface area contributed by atoms with Gasteiger partial charge in [-0.05, 0) is 23.3 Å². The molecule has 2 rings (SSSR count). The van der Waals surface area contributed by atoms with Crippen molar-refractivity contribution in [1.29, 1.82) is 0 Å². The Bertz CT molecular complexity index is 623. The van der Waals surface area contributed by atoms with Crippen molar-refractivity contribution in [3.63, 3.8) is 0 Å². The molecule has 7 heteroatoms. The summed E-state index contributed by atoms with van der Waals surface area (Å²) in [6.45, 7) is 4.97. The zero-order valence-corrected chi connectivity index (χ0v) is 12.4. The van der Waals surface area contributed by atoms with E-state index in [1.54, 1.807) is 26.0 Å². The maximum Gasteiger partial charge on any atom is 0.335 e. The van der Waals surface area contributed by atoms with Crippen molar-refractivity contribution in [2.75, 3.05) is 13.1 Å². The van der Waals surface area contributed by atoms with Crippen LogP contribution in [0.2, 0.25) is 0 Å². The summed E-state index contributed by atoms with van der Waals surface area (Å²) in [6.07, 6.45) is 0. The van der Waals surface area contributed by atoms with Crippen LogP contribution in [0.5, 0.6) is 0 Å². The molecule has 1 aromatic carbocycles. The van der Waals surface area contributed by atoms with Crippen molar-refractivity contribution in [2.45, 2.75) is 26.9 Å². The van der Waals surface area contributed by atoms with Crippen LogP contribution < -0.4 is 0 Å². The lowest BCUT2D eigenvalue weighted by Crippen LogP contribution is -2.41. The van der Waals surface area contributed by atoms with E-state index in [0.29, 0.717) is 19.6 Å². The molecule has 1 heterocycles. The molecular weight excluding hydrogens is 280 g/mol. The molecule has 20 heavy (non-hydrogen) atoms. The monoisotopic (exact) mass is 298 g/mol. The zero-order valence-electron chi connectivity index (χ0n) is 11.5. The van der Waals surface area contributed by atoms with Crippen LogP contribution in [0.1, 0.15) is 35.3 Å². The molecule has 0 saturated heterocycles. The lowest BCUT2D eigenvalue weighted by Gasteiger charge is -2.24. The van der Waals surface area contributed by atoms with Crippen LogP contribution in [0, 0.1) is 0 Å². The largest absolute Gasteiger partial charge is 0.478 e. The van der Waals surface area contributed by atoms with Crippen molar-refractivity contribution in [1.82, 2.24) is 8.61 Å². The van der Waals surface area contributed by atoms with Crippen molar-refractivity contribution in [3.8, 4) is 0 Å². The average molecular weight is 298 g/mol. The van der Waals surface area contributed by atoms with Gasteiger partial charge in [0.2, 0.25) is 0 Å². The summed E-state index contributed by atoms with van der Waals surface area (Å²) in [7, 11) is -3.48. The third-order valence-corrected chi connectivity index (χ3v) is 5.58. The fraction of sp³-hybridized carbons (Fsp3) is 0.462. The van der Waals surface area contributed by atoms with Crippen molar-refractivity contribution in [3.05, 3.63) is 34.9 Å². The van der Waals surface area contributed by atoms with Gasteiger partial charge in [0.1, 0.15) is 0 Å². The quantitative estimate of drug-likeness (QED) is 0.888. The molecule has 0 bridgehead atoms. The average Bonchev–Trinajstić information content (AvgIpc) is 2.83. The number of nitrogens with zero attached hydrogens (tertiary/aromatic N) is 2. The Balaban J connectivity index is 2.27. The third-order valence-electron chi connectivity index (χ3n) is 3.50. The summed E-state index contributed by atoms with van der Waals surface area (Å²) in [4.78, 5) is 10.9. The van der Waals surface area contributed by atoms with E-state index in [9.17, 15) is 13.2 Å². The molecule has 0 amide bonds. The van der Waals surface area contributed by atoms with Gasteiger partial charge in [0.05, 0.1) is 5.56 Å². The number of carboxylic acids is 1. The molecule has 0 saturated carbocycles. The van der Waals surface area contributed by atoms with Gasteiger partial charge < -0.3 is 5.11 Å². The van der Waals surface area contributed by atoms with E-state index in [1.165, 1.54) is 14.7 Å². The summed E-state index contributed by atoms with van der Waals surface area (Å²) in [5.74, 6) is -1.00. The van der Waals surface area contributed by atoms with Gasteiger partial charge >= 0.3 is 5.97 Å². The number of aromatic carboxylic acids is 1. The molecular formula is C13H18N2O4S. The maximum atomic E-state index is 12.4. The normalized spacial score (nSPS) is 15.6. The Morgan fingerprint density at radius 3 is 2.40 bits per heavy atom. The molecule has 0 aromatic heterocycles. The summed E-state index contributed by atoms with van der Waals surface area (Å²) in [5.41, 5.74) is 1.82. The van der Waals surface area contributed by atoms with Crippen LogP contribution in [-0.4, -0.2) is 41.2 Å². The fourth-order valence-electron chi connectivity index (χ4n) is 2.37. The fourth-order valence-corrected chi connectivity index (χ4v) is 3.96. The van der Waals surface area contributed by atoms with E-state index >= 15 is 0 Å². The van der Waals surface area contributed by atoms with Crippen LogP contribution in [0.3, 0.4) is 0 Å². The molecule has 0 radical (unpaired) electrons. The minimum atomic E-state index is -3.48.